The Labute approximate surface area is 220 Å². The van der Waals surface area contributed by atoms with Crippen LogP contribution in [0.2, 0.25) is 0 Å². The van der Waals surface area contributed by atoms with Crippen LogP contribution in [0.3, 0.4) is 0 Å². The van der Waals surface area contributed by atoms with Crippen LogP contribution in [-0.4, -0.2) is 74.2 Å². The van der Waals surface area contributed by atoms with Crippen molar-refractivity contribution in [1.29, 1.82) is 0 Å². The van der Waals surface area contributed by atoms with E-state index in [0.717, 1.165) is 17.0 Å². The number of rotatable bonds is 5. The fourth-order valence-corrected chi connectivity index (χ4v) is 7.41. The number of hydrogen-bond acceptors (Lipinski definition) is 8. The van der Waals surface area contributed by atoms with E-state index in [9.17, 15) is 22.8 Å². The minimum atomic E-state index is -3.74. The molecule has 2 aromatic rings. The van der Waals surface area contributed by atoms with Crippen molar-refractivity contribution in [2.45, 2.75) is 50.8 Å². The van der Waals surface area contributed by atoms with Gasteiger partial charge in [0.05, 0.1) is 22.7 Å². The second kappa shape index (κ2) is 10.9. The highest BCUT2D eigenvalue weighted by molar-refractivity contribution is 7.89. The molecule has 2 aliphatic rings. The molecule has 11 nitrogen and oxygen atoms in total. The minimum Gasteiger partial charge on any atom is -0.373 e. The Morgan fingerprint density at radius 1 is 1.03 bits per heavy atom. The third kappa shape index (κ3) is 6.02. The predicted octanol–water partition coefficient (Wildman–Crippen LogP) is 1.57. The number of thiophene rings is 1. The minimum absolute atomic E-state index is 0.0929. The molecule has 1 fully saturated rings. The van der Waals surface area contributed by atoms with E-state index in [1.807, 2.05) is 20.9 Å². The monoisotopic (exact) mass is 549 g/mol. The molecule has 3 N–H and O–H groups in total. The first kappa shape index (κ1) is 27.2. The van der Waals surface area contributed by atoms with Gasteiger partial charge in [-0.25, -0.2) is 8.42 Å². The summed E-state index contributed by atoms with van der Waals surface area (Å²) in [5.41, 5.74) is 6.09. The van der Waals surface area contributed by atoms with Gasteiger partial charge in [0.1, 0.15) is 5.00 Å². The van der Waals surface area contributed by atoms with E-state index in [-0.39, 0.29) is 35.8 Å². The molecular formula is C24H31N5O6S2. The van der Waals surface area contributed by atoms with E-state index in [2.05, 4.69) is 21.1 Å². The van der Waals surface area contributed by atoms with Crippen molar-refractivity contribution < 1.29 is 27.5 Å². The quantitative estimate of drug-likeness (QED) is 0.482. The lowest BCUT2D eigenvalue weighted by Gasteiger charge is -2.34. The van der Waals surface area contributed by atoms with Crippen molar-refractivity contribution in [3.8, 4) is 0 Å². The SMILES string of the molecule is CC(=O)NNC(=O)c1c(NC(=O)c2ccc(S(=O)(=O)N3CC(C)OC(C)C3)cc2)sc2c1CCN(C)C2. The molecule has 0 aliphatic carbocycles. The molecule has 3 heterocycles. The molecule has 37 heavy (non-hydrogen) atoms. The number of fused-ring (bicyclic) bond motifs is 1. The highest BCUT2D eigenvalue weighted by Crippen LogP contribution is 2.37. The number of ether oxygens (including phenoxy) is 1. The molecular weight excluding hydrogens is 518 g/mol. The summed E-state index contributed by atoms with van der Waals surface area (Å²) in [5, 5.41) is 3.19. The Hall–Kier alpha value is -2.84. The maximum Gasteiger partial charge on any atom is 0.272 e. The summed E-state index contributed by atoms with van der Waals surface area (Å²) in [6, 6.07) is 5.73. The molecule has 2 unspecified atom stereocenters. The van der Waals surface area contributed by atoms with Gasteiger partial charge in [0.15, 0.2) is 0 Å². The summed E-state index contributed by atoms with van der Waals surface area (Å²) in [5.74, 6) is -1.40. The van der Waals surface area contributed by atoms with Crippen molar-refractivity contribution in [2.75, 3.05) is 32.0 Å². The number of hydrazine groups is 1. The first-order valence-electron chi connectivity index (χ1n) is 11.9. The van der Waals surface area contributed by atoms with Crippen LogP contribution < -0.4 is 16.2 Å². The molecule has 1 aromatic carbocycles. The lowest BCUT2D eigenvalue weighted by atomic mass is 10.0. The number of amides is 3. The van der Waals surface area contributed by atoms with E-state index in [1.165, 1.54) is 46.8 Å². The molecule has 200 valence electrons. The number of sulfonamides is 1. The maximum atomic E-state index is 13.1. The normalized spacial score (nSPS) is 20.6. The van der Waals surface area contributed by atoms with Gasteiger partial charge in [0, 0.05) is 43.5 Å². The van der Waals surface area contributed by atoms with Gasteiger partial charge < -0.3 is 15.0 Å². The summed E-state index contributed by atoms with van der Waals surface area (Å²) < 4.78 is 33.3. The van der Waals surface area contributed by atoms with E-state index in [1.54, 1.807) is 0 Å². The molecule has 0 spiro atoms. The van der Waals surface area contributed by atoms with Crippen LogP contribution in [0.5, 0.6) is 0 Å². The molecule has 2 atom stereocenters. The van der Waals surface area contributed by atoms with Crippen LogP contribution in [0.15, 0.2) is 29.2 Å². The van der Waals surface area contributed by atoms with E-state index < -0.39 is 27.7 Å². The highest BCUT2D eigenvalue weighted by Gasteiger charge is 2.32. The Bertz CT molecular complexity index is 1300. The van der Waals surface area contributed by atoms with Gasteiger partial charge in [-0.3, -0.25) is 25.2 Å². The summed E-state index contributed by atoms with van der Waals surface area (Å²) in [6.07, 6.45) is 0.209. The first-order chi connectivity index (χ1) is 17.5. The van der Waals surface area contributed by atoms with Gasteiger partial charge in [-0.05, 0) is 57.1 Å². The van der Waals surface area contributed by atoms with E-state index in [4.69, 9.17) is 4.74 Å². The van der Waals surface area contributed by atoms with E-state index >= 15 is 0 Å². The largest absolute Gasteiger partial charge is 0.373 e. The molecule has 4 rings (SSSR count). The van der Waals surface area contributed by atoms with Gasteiger partial charge in [0.25, 0.3) is 11.8 Å². The molecule has 1 aromatic heterocycles. The zero-order valence-electron chi connectivity index (χ0n) is 21.2. The standard InChI is InChI=1S/C24H31N5O6S2/c1-14-11-29(12-15(2)35-14)37(33,34)18-7-5-17(6-8-18)22(31)25-24-21(23(32)27-26-16(3)30)19-9-10-28(4)13-20(19)36-24/h5-8,14-15H,9-13H2,1-4H3,(H,25,31)(H,26,30)(H,27,32). The van der Waals surface area contributed by atoms with Crippen molar-refractivity contribution in [1.82, 2.24) is 20.1 Å². The fourth-order valence-electron chi connectivity index (χ4n) is 4.50. The Balaban J connectivity index is 1.55. The number of hydrogen-bond donors (Lipinski definition) is 3. The molecule has 0 saturated carbocycles. The molecule has 13 heteroatoms. The maximum absolute atomic E-state index is 13.1. The number of likely N-dealkylation sites (N-methyl/N-ethyl adjacent to an activating group) is 1. The number of nitrogens with one attached hydrogen (secondary N) is 3. The second-order valence-corrected chi connectivity index (χ2v) is 12.4. The Morgan fingerprint density at radius 2 is 1.68 bits per heavy atom. The Kier molecular flexibility index (Phi) is 7.99. The Morgan fingerprint density at radius 3 is 2.30 bits per heavy atom. The molecule has 2 aliphatic heterocycles. The summed E-state index contributed by atoms with van der Waals surface area (Å²) in [4.78, 5) is 40.4. The second-order valence-electron chi connectivity index (χ2n) is 9.39. The topological polar surface area (TPSA) is 137 Å². The first-order valence-corrected chi connectivity index (χ1v) is 14.2. The average molecular weight is 550 g/mol. The zero-order chi connectivity index (χ0) is 26.9. The smallest absolute Gasteiger partial charge is 0.272 e. The highest BCUT2D eigenvalue weighted by atomic mass is 32.2. The third-order valence-electron chi connectivity index (χ3n) is 6.19. The number of carbonyl (C=O) groups excluding carboxylic acids is 3. The van der Waals surface area contributed by atoms with Crippen LogP contribution in [-0.2, 0) is 32.5 Å². The molecule has 3 amide bonds. The fraction of sp³-hybridized carbons (Fsp3) is 0.458. The third-order valence-corrected chi connectivity index (χ3v) is 9.17. The van der Waals surface area contributed by atoms with Crippen LogP contribution in [0.1, 0.15) is 51.9 Å². The van der Waals surface area contributed by atoms with Gasteiger partial charge in [-0.2, -0.15) is 4.31 Å². The summed E-state index contributed by atoms with van der Waals surface area (Å²) in [7, 11) is -1.76. The lowest BCUT2D eigenvalue weighted by molar-refractivity contribution is -0.119. The summed E-state index contributed by atoms with van der Waals surface area (Å²) >= 11 is 1.32. The predicted molar refractivity (Wildman–Crippen MR) is 139 cm³/mol. The van der Waals surface area contributed by atoms with Crippen molar-refractivity contribution in [3.63, 3.8) is 0 Å². The molecule has 0 radical (unpaired) electrons. The van der Waals surface area contributed by atoms with Gasteiger partial charge in [-0.1, -0.05) is 0 Å². The van der Waals surface area contributed by atoms with Crippen LogP contribution in [0.25, 0.3) is 0 Å². The van der Waals surface area contributed by atoms with E-state index in [0.29, 0.717) is 23.5 Å². The number of carbonyl (C=O) groups is 3. The lowest BCUT2D eigenvalue weighted by Crippen LogP contribution is -2.48. The van der Waals surface area contributed by atoms with Crippen LogP contribution in [0.4, 0.5) is 5.00 Å². The molecule has 0 bridgehead atoms. The molecule has 1 saturated heterocycles. The summed E-state index contributed by atoms with van der Waals surface area (Å²) in [6.45, 7) is 6.86. The van der Waals surface area contributed by atoms with Crippen LogP contribution >= 0.6 is 11.3 Å². The van der Waals surface area contributed by atoms with Gasteiger partial charge in [-0.15, -0.1) is 11.3 Å². The van der Waals surface area contributed by atoms with Gasteiger partial charge in [0.2, 0.25) is 15.9 Å². The van der Waals surface area contributed by atoms with Crippen LogP contribution in [0, 0.1) is 0 Å². The number of morpholine rings is 1. The number of benzene rings is 1. The van der Waals surface area contributed by atoms with Crippen molar-refractivity contribution in [2.24, 2.45) is 0 Å². The van der Waals surface area contributed by atoms with Crippen molar-refractivity contribution in [3.05, 3.63) is 45.8 Å². The number of nitrogens with zero attached hydrogens (tertiary/aromatic N) is 2. The zero-order valence-corrected chi connectivity index (χ0v) is 22.8. The van der Waals surface area contributed by atoms with Crippen molar-refractivity contribution >= 4 is 44.1 Å². The number of anilines is 1. The average Bonchev–Trinajstić information content (AvgIpc) is 3.18. The van der Waals surface area contributed by atoms with Gasteiger partial charge >= 0.3 is 0 Å².